The molecule has 1 aliphatic heterocycles. The molecule has 1 aliphatic rings. The fourth-order valence-electron chi connectivity index (χ4n) is 1.14. The highest BCUT2D eigenvalue weighted by molar-refractivity contribution is 5.68. The van der Waals surface area contributed by atoms with Crippen molar-refractivity contribution in [3.05, 3.63) is 0 Å². The first-order valence-electron chi connectivity index (χ1n) is 4.64. The summed E-state index contributed by atoms with van der Waals surface area (Å²) in [5.74, 6) is 0. The van der Waals surface area contributed by atoms with E-state index in [-0.39, 0.29) is 12.6 Å². The van der Waals surface area contributed by atoms with Gasteiger partial charge in [-0.3, -0.25) is 0 Å². The van der Waals surface area contributed by atoms with E-state index in [0.717, 1.165) is 0 Å². The summed E-state index contributed by atoms with van der Waals surface area (Å²) in [6, 6.07) is -0.357. The van der Waals surface area contributed by atoms with Crippen LogP contribution >= 0.6 is 0 Å². The third-order valence-electron chi connectivity index (χ3n) is 1.75. The van der Waals surface area contributed by atoms with E-state index in [4.69, 9.17) is 9.47 Å². The maximum Gasteiger partial charge on any atom is 0.408 e. The molecule has 1 heterocycles. The molecule has 14 heavy (non-hydrogen) atoms. The van der Waals surface area contributed by atoms with Gasteiger partial charge < -0.3 is 19.9 Å². The van der Waals surface area contributed by atoms with Crippen molar-refractivity contribution in [3.63, 3.8) is 0 Å². The number of amides is 1. The number of aliphatic hydroxyl groups excluding tert-OH is 1. The van der Waals surface area contributed by atoms with Gasteiger partial charge in [0.25, 0.3) is 0 Å². The molecule has 2 N–H and O–H groups in total. The molecule has 5 heteroatoms. The number of ether oxygens (including phenoxy) is 2. The summed E-state index contributed by atoms with van der Waals surface area (Å²) in [5.41, 5.74) is -0.519. The SMILES string of the molecule is CC(C)(C)OC(=O)NC1COC[C@@H]1O. The van der Waals surface area contributed by atoms with E-state index in [1.54, 1.807) is 20.8 Å². The standard InChI is InChI=1S/C9H17NO4/c1-9(2,3)14-8(12)10-6-4-13-5-7(6)11/h6-7,11H,4-5H2,1-3H3,(H,10,12)/t6?,7-/m0/s1. The largest absolute Gasteiger partial charge is 0.444 e. The maximum atomic E-state index is 11.3. The van der Waals surface area contributed by atoms with Crippen molar-refractivity contribution >= 4 is 6.09 Å². The molecule has 0 spiro atoms. The number of alkyl carbamates (subject to hydrolysis) is 1. The van der Waals surface area contributed by atoms with Crippen molar-refractivity contribution in [2.45, 2.75) is 38.5 Å². The fraction of sp³-hybridized carbons (Fsp3) is 0.889. The molecule has 0 aromatic carbocycles. The van der Waals surface area contributed by atoms with Gasteiger partial charge in [0.05, 0.1) is 25.4 Å². The lowest BCUT2D eigenvalue weighted by Gasteiger charge is -2.22. The van der Waals surface area contributed by atoms with Gasteiger partial charge in [-0.15, -0.1) is 0 Å². The third-order valence-corrected chi connectivity index (χ3v) is 1.75. The van der Waals surface area contributed by atoms with Crippen molar-refractivity contribution in [3.8, 4) is 0 Å². The first kappa shape index (κ1) is 11.3. The topological polar surface area (TPSA) is 67.8 Å². The van der Waals surface area contributed by atoms with Gasteiger partial charge in [0, 0.05) is 0 Å². The van der Waals surface area contributed by atoms with E-state index in [0.29, 0.717) is 6.61 Å². The Morgan fingerprint density at radius 2 is 2.14 bits per heavy atom. The van der Waals surface area contributed by atoms with Crippen molar-refractivity contribution in [1.82, 2.24) is 5.32 Å². The Bertz CT molecular complexity index is 211. The summed E-state index contributed by atoms with van der Waals surface area (Å²) < 4.78 is 10.0. The molecule has 0 radical (unpaired) electrons. The first-order chi connectivity index (χ1) is 6.38. The molecule has 82 valence electrons. The number of carbonyl (C=O) groups excluding carboxylic acids is 1. The summed E-state index contributed by atoms with van der Waals surface area (Å²) in [6.45, 7) is 5.96. The number of nitrogens with one attached hydrogen (secondary N) is 1. The zero-order valence-corrected chi connectivity index (χ0v) is 8.74. The van der Waals surface area contributed by atoms with Gasteiger partial charge in [0.2, 0.25) is 0 Å². The fourth-order valence-corrected chi connectivity index (χ4v) is 1.14. The van der Waals surface area contributed by atoms with Gasteiger partial charge in [-0.2, -0.15) is 0 Å². The average Bonchev–Trinajstić information content (AvgIpc) is 2.32. The Kier molecular flexibility index (Phi) is 3.34. The lowest BCUT2D eigenvalue weighted by molar-refractivity contribution is 0.0461. The van der Waals surface area contributed by atoms with Crippen LogP contribution in [0, 0.1) is 0 Å². The molecule has 1 unspecified atom stereocenters. The molecular formula is C9H17NO4. The van der Waals surface area contributed by atoms with E-state index in [2.05, 4.69) is 5.32 Å². The van der Waals surface area contributed by atoms with Crippen LogP contribution in [-0.2, 0) is 9.47 Å². The molecule has 1 fully saturated rings. The monoisotopic (exact) mass is 203 g/mol. The van der Waals surface area contributed by atoms with Crippen LogP contribution in [0.3, 0.4) is 0 Å². The van der Waals surface area contributed by atoms with Gasteiger partial charge in [-0.25, -0.2) is 4.79 Å². The van der Waals surface area contributed by atoms with Crippen molar-refractivity contribution in [2.75, 3.05) is 13.2 Å². The summed E-state index contributed by atoms with van der Waals surface area (Å²) in [7, 11) is 0. The molecule has 1 amide bonds. The number of hydrogen-bond donors (Lipinski definition) is 2. The highest BCUT2D eigenvalue weighted by Gasteiger charge is 2.29. The Balaban J connectivity index is 2.33. The van der Waals surface area contributed by atoms with E-state index in [1.165, 1.54) is 0 Å². The first-order valence-corrected chi connectivity index (χ1v) is 4.64. The minimum Gasteiger partial charge on any atom is -0.444 e. The predicted octanol–water partition coefficient (Wildman–Crippen LogP) is 0.271. The van der Waals surface area contributed by atoms with E-state index < -0.39 is 17.8 Å². The molecule has 0 aromatic heterocycles. The Morgan fingerprint density at radius 1 is 1.50 bits per heavy atom. The summed E-state index contributed by atoms with van der Waals surface area (Å²) in [6.07, 6.45) is -1.16. The van der Waals surface area contributed by atoms with Crippen molar-refractivity contribution < 1.29 is 19.4 Å². The Labute approximate surface area is 83.4 Å². The van der Waals surface area contributed by atoms with Crippen LogP contribution < -0.4 is 5.32 Å². The smallest absolute Gasteiger partial charge is 0.408 e. The predicted molar refractivity (Wildman–Crippen MR) is 50.0 cm³/mol. The molecule has 0 aliphatic carbocycles. The number of aliphatic hydroxyl groups is 1. The van der Waals surface area contributed by atoms with Crippen LogP contribution in [0.4, 0.5) is 4.79 Å². The van der Waals surface area contributed by atoms with Gasteiger partial charge in [-0.1, -0.05) is 0 Å². The molecule has 1 saturated heterocycles. The van der Waals surface area contributed by atoms with Gasteiger partial charge in [0.1, 0.15) is 5.60 Å². The van der Waals surface area contributed by atoms with Crippen LogP contribution in [-0.4, -0.2) is 42.2 Å². The second-order valence-corrected chi connectivity index (χ2v) is 4.36. The van der Waals surface area contributed by atoms with Crippen LogP contribution in [0.15, 0.2) is 0 Å². The van der Waals surface area contributed by atoms with Crippen molar-refractivity contribution in [2.24, 2.45) is 0 Å². The second-order valence-electron chi connectivity index (χ2n) is 4.36. The van der Waals surface area contributed by atoms with E-state index in [9.17, 15) is 9.90 Å². The minimum atomic E-state index is -0.637. The maximum absolute atomic E-state index is 11.3. The quantitative estimate of drug-likeness (QED) is 0.642. The van der Waals surface area contributed by atoms with Crippen LogP contribution in [0.5, 0.6) is 0 Å². The number of hydrogen-bond acceptors (Lipinski definition) is 4. The summed E-state index contributed by atoms with van der Waals surface area (Å²) in [5, 5.41) is 11.9. The Hall–Kier alpha value is -0.810. The van der Waals surface area contributed by atoms with Crippen LogP contribution in [0.1, 0.15) is 20.8 Å². The molecule has 1 rings (SSSR count). The third kappa shape index (κ3) is 3.51. The van der Waals surface area contributed by atoms with Gasteiger partial charge >= 0.3 is 6.09 Å². The van der Waals surface area contributed by atoms with Gasteiger partial charge in [-0.05, 0) is 20.8 Å². The van der Waals surface area contributed by atoms with E-state index in [1.807, 2.05) is 0 Å². The van der Waals surface area contributed by atoms with Crippen molar-refractivity contribution in [1.29, 1.82) is 0 Å². The summed E-state index contributed by atoms with van der Waals surface area (Å²) in [4.78, 5) is 11.3. The highest BCUT2D eigenvalue weighted by Crippen LogP contribution is 2.09. The van der Waals surface area contributed by atoms with Crippen LogP contribution in [0.2, 0.25) is 0 Å². The molecule has 0 bridgehead atoms. The Morgan fingerprint density at radius 3 is 2.57 bits per heavy atom. The molecule has 0 aromatic rings. The zero-order chi connectivity index (χ0) is 10.8. The molecular weight excluding hydrogens is 186 g/mol. The van der Waals surface area contributed by atoms with Gasteiger partial charge in [0.15, 0.2) is 0 Å². The molecule has 5 nitrogen and oxygen atoms in total. The summed E-state index contributed by atoms with van der Waals surface area (Å²) >= 11 is 0. The highest BCUT2D eigenvalue weighted by atomic mass is 16.6. The minimum absolute atomic E-state index is 0.264. The number of rotatable bonds is 1. The van der Waals surface area contributed by atoms with Crippen LogP contribution in [0.25, 0.3) is 0 Å². The zero-order valence-electron chi connectivity index (χ0n) is 8.74. The normalized spacial score (nSPS) is 27.4. The lowest BCUT2D eigenvalue weighted by Crippen LogP contribution is -2.44. The molecule has 2 atom stereocenters. The molecule has 0 saturated carbocycles. The van der Waals surface area contributed by atoms with E-state index >= 15 is 0 Å². The second kappa shape index (κ2) is 4.14. The lowest BCUT2D eigenvalue weighted by atomic mass is 10.2. The number of carbonyl (C=O) groups is 1. The average molecular weight is 203 g/mol.